The molecule has 0 aliphatic heterocycles. The van der Waals surface area contributed by atoms with Gasteiger partial charge in [0.25, 0.3) is 0 Å². The Kier molecular flexibility index (Phi) is 8.61. The van der Waals surface area contributed by atoms with Crippen LogP contribution in [0.3, 0.4) is 0 Å². The fourth-order valence-corrected chi connectivity index (χ4v) is 3.91. The fourth-order valence-electron chi connectivity index (χ4n) is 2.31. The number of sulfonamides is 1. The average molecular weight is 392 g/mol. The summed E-state index contributed by atoms with van der Waals surface area (Å²) < 4.78 is 28.2. The molecule has 0 heterocycles. The van der Waals surface area contributed by atoms with E-state index in [9.17, 15) is 13.5 Å². The third-order valence-electron chi connectivity index (χ3n) is 3.83. The third kappa shape index (κ3) is 6.36. The summed E-state index contributed by atoms with van der Waals surface area (Å²) in [6.45, 7) is 3.95. The van der Waals surface area contributed by atoms with Crippen molar-refractivity contribution in [1.82, 2.24) is 4.72 Å². The van der Waals surface area contributed by atoms with Crippen LogP contribution < -0.4 is 4.72 Å². The van der Waals surface area contributed by atoms with Gasteiger partial charge in [-0.1, -0.05) is 55.5 Å². The summed E-state index contributed by atoms with van der Waals surface area (Å²) in [4.78, 5) is 0.215. The van der Waals surface area contributed by atoms with E-state index in [-0.39, 0.29) is 17.4 Å². The van der Waals surface area contributed by atoms with Crippen molar-refractivity contribution in [3.63, 3.8) is 0 Å². The number of unbranched alkanes of at least 4 members (excludes halogenated alkanes) is 3. The fraction of sp³-hybridized carbons (Fsp3) is 0.625. The van der Waals surface area contributed by atoms with Crippen LogP contribution in [0.4, 0.5) is 0 Å². The molecular formula is C16H26BrNO3S. The minimum absolute atomic E-state index is 0.104. The number of hydrogen-bond donors (Lipinski definition) is 2. The number of nitrogens with one attached hydrogen (secondary N) is 1. The molecule has 126 valence electrons. The maximum Gasteiger partial charge on any atom is 0.240 e. The smallest absolute Gasteiger partial charge is 0.240 e. The lowest BCUT2D eigenvalue weighted by Gasteiger charge is -2.23. The maximum absolute atomic E-state index is 12.4. The van der Waals surface area contributed by atoms with E-state index in [1.54, 1.807) is 24.3 Å². The summed E-state index contributed by atoms with van der Waals surface area (Å²) in [6.07, 6.45) is 5.49. The lowest BCUT2D eigenvalue weighted by atomic mass is 9.96. The first-order chi connectivity index (χ1) is 10.4. The molecule has 1 rings (SSSR count). The molecule has 2 N–H and O–H groups in total. The first-order valence-corrected chi connectivity index (χ1v) is 10.1. The molecule has 0 aliphatic rings. The number of halogens is 1. The van der Waals surface area contributed by atoms with Crippen molar-refractivity contribution in [2.75, 3.05) is 6.61 Å². The van der Waals surface area contributed by atoms with Gasteiger partial charge in [0.1, 0.15) is 0 Å². The highest BCUT2D eigenvalue weighted by Crippen LogP contribution is 2.18. The molecule has 0 bridgehead atoms. The van der Waals surface area contributed by atoms with Crippen LogP contribution in [0.5, 0.6) is 0 Å². The molecule has 0 unspecified atom stereocenters. The van der Waals surface area contributed by atoms with Crippen molar-refractivity contribution < 1.29 is 13.5 Å². The normalized spacial score (nSPS) is 14.7. The Morgan fingerprint density at radius 2 is 1.82 bits per heavy atom. The number of benzene rings is 1. The molecule has 1 aromatic carbocycles. The van der Waals surface area contributed by atoms with E-state index in [2.05, 4.69) is 27.6 Å². The van der Waals surface area contributed by atoms with Crippen LogP contribution in [-0.4, -0.2) is 26.2 Å². The van der Waals surface area contributed by atoms with Crippen LogP contribution in [-0.2, 0) is 10.0 Å². The number of aliphatic hydroxyl groups is 1. The molecule has 0 spiro atoms. The summed E-state index contributed by atoms with van der Waals surface area (Å²) in [5.74, 6) is 0.104. The predicted molar refractivity (Wildman–Crippen MR) is 93.3 cm³/mol. The van der Waals surface area contributed by atoms with E-state index >= 15 is 0 Å². The average Bonchev–Trinajstić information content (AvgIpc) is 2.49. The van der Waals surface area contributed by atoms with Crippen molar-refractivity contribution in [2.24, 2.45) is 5.92 Å². The molecule has 0 aliphatic carbocycles. The maximum atomic E-state index is 12.4. The van der Waals surface area contributed by atoms with Crippen LogP contribution in [0.2, 0.25) is 0 Å². The van der Waals surface area contributed by atoms with Gasteiger partial charge in [0.15, 0.2) is 0 Å². The van der Waals surface area contributed by atoms with Crippen molar-refractivity contribution in [2.45, 2.75) is 56.9 Å². The van der Waals surface area contributed by atoms with Crippen LogP contribution in [0.15, 0.2) is 33.6 Å². The monoisotopic (exact) mass is 391 g/mol. The largest absolute Gasteiger partial charge is 0.395 e. The zero-order valence-electron chi connectivity index (χ0n) is 13.3. The lowest BCUT2D eigenvalue weighted by Crippen LogP contribution is -2.41. The van der Waals surface area contributed by atoms with Gasteiger partial charge in [-0.05, 0) is 36.6 Å². The first kappa shape index (κ1) is 19.6. The summed E-state index contributed by atoms with van der Waals surface area (Å²) in [6, 6.07) is 6.03. The van der Waals surface area contributed by atoms with Gasteiger partial charge in [0.2, 0.25) is 10.0 Å². The quantitative estimate of drug-likeness (QED) is 0.597. The van der Waals surface area contributed by atoms with Crippen LogP contribution in [0.25, 0.3) is 0 Å². The molecule has 1 aromatic rings. The number of rotatable bonds is 10. The third-order valence-corrected chi connectivity index (χ3v) is 5.86. The SMILES string of the molecule is CCCCCC[C@@H](C)[C@@H](CO)NS(=O)(=O)c1ccc(Br)cc1. The summed E-state index contributed by atoms with van der Waals surface area (Å²) in [5, 5.41) is 9.52. The highest BCUT2D eigenvalue weighted by molar-refractivity contribution is 9.10. The Morgan fingerprint density at radius 1 is 1.18 bits per heavy atom. The molecule has 2 atom stereocenters. The van der Waals surface area contributed by atoms with Gasteiger partial charge in [-0.15, -0.1) is 0 Å². The summed E-state index contributed by atoms with van der Waals surface area (Å²) >= 11 is 3.29. The topological polar surface area (TPSA) is 66.4 Å². The Morgan fingerprint density at radius 3 is 2.36 bits per heavy atom. The van der Waals surface area contributed by atoms with E-state index in [0.29, 0.717) is 0 Å². The van der Waals surface area contributed by atoms with Crippen LogP contribution in [0.1, 0.15) is 46.0 Å². The Balaban J connectivity index is 2.65. The second kappa shape index (κ2) is 9.65. The van der Waals surface area contributed by atoms with E-state index in [1.165, 1.54) is 12.8 Å². The minimum atomic E-state index is -3.60. The number of aliphatic hydroxyl groups excluding tert-OH is 1. The molecule has 0 amide bonds. The molecule has 4 nitrogen and oxygen atoms in total. The Hall–Kier alpha value is -0.430. The second-order valence-electron chi connectivity index (χ2n) is 5.69. The van der Waals surface area contributed by atoms with Crippen molar-refractivity contribution in [3.8, 4) is 0 Å². The van der Waals surface area contributed by atoms with E-state index < -0.39 is 16.1 Å². The molecule has 0 saturated carbocycles. The predicted octanol–water partition coefficient (Wildman–Crippen LogP) is 3.69. The van der Waals surface area contributed by atoms with Gasteiger partial charge < -0.3 is 5.11 Å². The van der Waals surface area contributed by atoms with Gasteiger partial charge in [0.05, 0.1) is 11.5 Å². The van der Waals surface area contributed by atoms with Gasteiger partial charge in [-0.3, -0.25) is 0 Å². The van der Waals surface area contributed by atoms with Crippen LogP contribution in [0, 0.1) is 5.92 Å². The zero-order chi connectivity index (χ0) is 16.6. The summed E-state index contributed by atoms with van der Waals surface area (Å²) in [5.41, 5.74) is 0. The van der Waals surface area contributed by atoms with E-state index in [4.69, 9.17) is 0 Å². The molecule has 6 heteroatoms. The van der Waals surface area contributed by atoms with Gasteiger partial charge in [-0.25, -0.2) is 13.1 Å². The van der Waals surface area contributed by atoms with Gasteiger partial charge in [0, 0.05) is 10.5 Å². The second-order valence-corrected chi connectivity index (χ2v) is 8.32. The molecular weight excluding hydrogens is 366 g/mol. The molecule has 0 saturated heterocycles. The van der Waals surface area contributed by atoms with Crippen LogP contribution >= 0.6 is 15.9 Å². The van der Waals surface area contributed by atoms with E-state index in [1.807, 2.05) is 6.92 Å². The van der Waals surface area contributed by atoms with Crippen molar-refractivity contribution in [3.05, 3.63) is 28.7 Å². The Bertz CT molecular complexity index is 531. The minimum Gasteiger partial charge on any atom is -0.395 e. The molecule has 0 radical (unpaired) electrons. The van der Waals surface area contributed by atoms with Gasteiger partial charge >= 0.3 is 0 Å². The molecule has 0 aromatic heterocycles. The summed E-state index contributed by atoms with van der Waals surface area (Å²) in [7, 11) is -3.60. The lowest BCUT2D eigenvalue weighted by molar-refractivity contribution is 0.214. The molecule has 22 heavy (non-hydrogen) atoms. The van der Waals surface area contributed by atoms with E-state index in [0.717, 1.165) is 23.7 Å². The van der Waals surface area contributed by atoms with Crippen molar-refractivity contribution >= 4 is 26.0 Å². The Labute approximate surface area is 142 Å². The van der Waals surface area contributed by atoms with Gasteiger partial charge in [-0.2, -0.15) is 0 Å². The zero-order valence-corrected chi connectivity index (χ0v) is 15.7. The highest BCUT2D eigenvalue weighted by atomic mass is 79.9. The van der Waals surface area contributed by atoms with Crippen molar-refractivity contribution in [1.29, 1.82) is 0 Å². The first-order valence-electron chi connectivity index (χ1n) is 7.79. The highest BCUT2D eigenvalue weighted by Gasteiger charge is 2.23. The standard InChI is InChI=1S/C16H26BrNO3S/c1-3-4-5-6-7-13(2)16(12-19)18-22(20,21)15-10-8-14(17)9-11-15/h8-11,13,16,18-19H,3-7,12H2,1-2H3/t13-,16-/m1/s1. The number of hydrogen-bond acceptors (Lipinski definition) is 3. The molecule has 0 fully saturated rings.